The largest absolute Gasteiger partial charge is 0.367 e. The van der Waals surface area contributed by atoms with Crippen molar-refractivity contribution in [2.45, 2.75) is 11.3 Å². The smallest absolute Gasteiger partial charge is 0.244 e. The van der Waals surface area contributed by atoms with E-state index in [1.165, 1.54) is 10.5 Å². The number of pyridine rings is 3. The third-order valence-electron chi connectivity index (χ3n) is 7.41. The third kappa shape index (κ3) is 4.61. The first-order valence-electron chi connectivity index (χ1n) is 12.7. The molecule has 10 heteroatoms. The molecule has 6 rings (SSSR count). The van der Waals surface area contributed by atoms with Gasteiger partial charge in [0.1, 0.15) is 4.90 Å². The van der Waals surface area contributed by atoms with Crippen molar-refractivity contribution in [2.75, 3.05) is 44.2 Å². The van der Waals surface area contributed by atoms with Crippen LogP contribution in [0.1, 0.15) is 6.42 Å². The van der Waals surface area contributed by atoms with Crippen LogP contribution < -0.4 is 4.90 Å². The van der Waals surface area contributed by atoms with Gasteiger partial charge >= 0.3 is 0 Å². The molecular weight excluding hydrogens is 500 g/mol. The molecule has 1 amide bonds. The van der Waals surface area contributed by atoms with Crippen molar-refractivity contribution in [1.29, 1.82) is 0 Å². The summed E-state index contributed by atoms with van der Waals surface area (Å²) in [4.78, 5) is 30.4. The first kappa shape index (κ1) is 24.4. The molecule has 4 aromatic rings. The average molecular weight is 529 g/mol. The van der Waals surface area contributed by atoms with Gasteiger partial charge < -0.3 is 9.80 Å². The maximum Gasteiger partial charge on any atom is 0.244 e. The van der Waals surface area contributed by atoms with E-state index >= 15 is 0 Å². The van der Waals surface area contributed by atoms with Gasteiger partial charge in [0.2, 0.25) is 15.9 Å². The van der Waals surface area contributed by atoms with Gasteiger partial charge in [-0.25, -0.2) is 8.42 Å². The number of hydrogen-bond donors (Lipinski definition) is 0. The number of anilines is 1. The summed E-state index contributed by atoms with van der Waals surface area (Å²) in [5.74, 6) is -0.296. The Kier molecular flexibility index (Phi) is 6.50. The van der Waals surface area contributed by atoms with Crippen LogP contribution in [0.3, 0.4) is 0 Å². The fourth-order valence-electron chi connectivity index (χ4n) is 5.31. The first-order chi connectivity index (χ1) is 18.5. The lowest BCUT2D eigenvalue weighted by molar-refractivity contribution is -0.135. The Hall–Kier alpha value is -3.89. The van der Waals surface area contributed by atoms with E-state index < -0.39 is 10.0 Å². The van der Waals surface area contributed by atoms with Crippen molar-refractivity contribution >= 4 is 32.5 Å². The average Bonchev–Trinajstić information content (AvgIpc) is 3.49. The van der Waals surface area contributed by atoms with Gasteiger partial charge in [0, 0.05) is 80.7 Å². The van der Waals surface area contributed by atoms with E-state index in [9.17, 15) is 13.2 Å². The minimum Gasteiger partial charge on any atom is -0.367 e. The quantitative estimate of drug-likeness (QED) is 0.393. The molecular formula is C28H28N6O3S. The number of hydrogen-bond acceptors (Lipinski definition) is 7. The Bertz CT molecular complexity index is 1550. The van der Waals surface area contributed by atoms with Crippen molar-refractivity contribution in [1.82, 2.24) is 24.2 Å². The summed E-state index contributed by atoms with van der Waals surface area (Å²) in [7, 11) is -3.73. The standard InChI is InChI=1S/C28H28N6O3S/c35-28(33-17-15-32(16-18-33)27-9-13-30-26-4-2-1-3-24(26)27)22-10-14-34(20-22)38(36,37)23-5-6-25(31-19-23)21-7-11-29-12-8-21/h1-9,11-13,19,22H,10,14-18,20H2. The normalized spacial score (nSPS) is 18.7. The van der Waals surface area contributed by atoms with Crippen LogP contribution >= 0.6 is 0 Å². The summed E-state index contributed by atoms with van der Waals surface area (Å²) in [5.41, 5.74) is 3.63. The van der Waals surface area contributed by atoms with Crippen molar-refractivity contribution in [3.05, 3.63) is 79.4 Å². The zero-order chi connectivity index (χ0) is 26.1. The van der Waals surface area contributed by atoms with Crippen LogP contribution in [0.5, 0.6) is 0 Å². The minimum atomic E-state index is -3.73. The minimum absolute atomic E-state index is 0.0353. The van der Waals surface area contributed by atoms with Crippen molar-refractivity contribution in [2.24, 2.45) is 5.92 Å². The molecule has 0 spiro atoms. The molecule has 9 nitrogen and oxygen atoms in total. The first-order valence-corrected chi connectivity index (χ1v) is 14.2. The summed E-state index contributed by atoms with van der Waals surface area (Å²) in [6, 6.07) is 17.0. The fraction of sp³-hybridized carbons (Fsp3) is 0.286. The monoisotopic (exact) mass is 528 g/mol. The maximum atomic E-state index is 13.3. The highest BCUT2D eigenvalue weighted by molar-refractivity contribution is 7.89. The number of aromatic nitrogens is 3. The van der Waals surface area contributed by atoms with Gasteiger partial charge in [-0.05, 0) is 42.8 Å². The van der Waals surface area contributed by atoms with E-state index in [1.54, 1.807) is 24.5 Å². The molecule has 2 fully saturated rings. The summed E-state index contributed by atoms with van der Waals surface area (Å²) >= 11 is 0. The number of piperazine rings is 1. The molecule has 0 radical (unpaired) electrons. The highest BCUT2D eigenvalue weighted by Gasteiger charge is 2.38. The number of carbonyl (C=O) groups is 1. The molecule has 2 saturated heterocycles. The van der Waals surface area contributed by atoms with Gasteiger partial charge in [0.25, 0.3) is 0 Å². The molecule has 0 bridgehead atoms. The van der Waals surface area contributed by atoms with E-state index in [4.69, 9.17) is 0 Å². The van der Waals surface area contributed by atoms with E-state index in [2.05, 4.69) is 25.9 Å². The topological polar surface area (TPSA) is 99.6 Å². The van der Waals surface area contributed by atoms with Gasteiger partial charge in [-0.3, -0.25) is 19.7 Å². The molecule has 38 heavy (non-hydrogen) atoms. The molecule has 0 saturated carbocycles. The van der Waals surface area contributed by atoms with Crippen LogP contribution in [0.25, 0.3) is 22.2 Å². The number of amides is 1. The van der Waals surface area contributed by atoms with Crippen LogP contribution in [0.2, 0.25) is 0 Å². The maximum absolute atomic E-state index is 13.3. The van der Waals surface area contributed by atoms with Gasteiger partial charge in [0.05, 0.1) is 17.1 Å². The predicted molar refractivity (Wildman–Crippen MR) is 145 cm³/mol. The van der Waals surface area contributed by atoms with Crippen molar-refractivity contribution in [3.63, 3.8) is 0 Å². The fourth-order valence-corrected chi connectivity index (χ4v) is 6.75. The summed E-state index contributed by atoms with van der Waals surface area (Å²) in [6.07, 6.45) is 7.08. The number of nitrogens with zero attached hydrogens (tertiary/aromatic N) is 6. The van der Waals surface area contributed by atoms with Crippen LogP contribution in [0.4, 0.5) is 5.69 Å². The predicted octanol–water partition coefficient (Wildman–Crippen LogP) is 3.05. The lowest BCUT2D eigenvalue weighted by atomic mass is 10.1. The van der Waals surface area contributed by atoms with E-state index in [1.807, 2.05) is 47.5 Å². The highest BCUT2D eigenvalue weighted by atomic mass is 32.2. The van der Waals surface area contributed by atoms with E-state index in [-0.39, 0.29) is 23.3 Å². The molecule has 1 atom stereocenters. The Labute approximate surface area is 221 Å². The summed E-state index contributed by atoms with van der Waals surface area (Å²) in [5, 5.41) is 1.11. The number of para-hydroxylation sites is 1. The second-order valence-corrected chi connectivity index (χ2v) is 11.6. The van der Waals surface area contributed by atoms with Crippen LogP contribution in [0, 0.1) is 5.92 Å². The van der Waals surface area contributed by atoms with E-state index in [0.29, 0.717) is 31.7 Å². The van der Waals surface area contributed by atoms with Crippen LogP contribution in [-0.2, 0) is 14.8 Å². The zero-order valence-corrected chi connectivity index (χ0v) is 21.7. The van der Waals surface area contributed by atoms with E-state index in [0.717, 1.165) is 35.2 Å². The summed E-state index contributed by atoms with van der Waals surface area (Å²) in [6.45, 7) is 3.20. The SMILES string of the molecule is O=C(C1CCN(S(=O)(=O)c2ccc(-c3ccncc3)nc2)C1)N1CCN(c2ccnc3ccccc23)CC1. The second kappa shape index (κ2) is 10.1. The lowest BCUT2D eigenvalue weighted by Gasteiger charge is -2.37. The Balaban J connectivity index is 1.08. The second-order valence-electron chi connectivity index (χ2n) is 9.62. The molecule has 0 N–H and O–H groups in total. The Morgan fingerprint density at radius 2 is 1.63 bits per heavy atom. The van der Waals surface area contributed by atoms with Gasteiger partial charge in [0.15, 0.2) is 0 Å². The number of carbonyl (C=O) groups excluding carboxylic acids is 1. The zero-order valence-electron chi connectivity index (χ0n) is 20.8. The third-order valence-corrected chi connectivity index (χ3v) is 9.26. The van der Waals surface area contributed by atoms with Gasteiger partial charge in [-0.15, -0.1) is 0 Å². The lowest BCUT2D eigenvalue weighted by Crippen LogP contribution is -2.50. The molecule has 1 unspecified atom stereocenters. The Morgan fingerprint density at radius 3 is 2.39 bits per heavy atom. The molecule has 2 aliphatic rings. The van der Waals surface area contributed by atoms with Crippen molar-refractivity contribution in [3.8, 4) is 11.3 Å². The number of fused-ring (bicyclic) bond motifs is 1. The highest BCUT2D eigenvalue weighted by Crippen LogP contribution is 2.29. The molecule has 5 heterocycles. The van der Waals surface area contributed by atoms with Gasteiger partial charge in [-0.2, -0.15) is 4.31 Å². The molecule has 3 aromatic heterocycles. The Morgan fingerprint density at radius 1 is 0.842 bits per heavy atom. The van der Waals surface area contributed by atoms with Gasteiger partial charge in [-0.1, -0.05) is 18.2 Å². The molecule has 194 valence electrons. The molecule has 0 aliphatic carbocycles. The molecule has 1 aromatic carbocycles. The van der Waals surface area contributed by atoms with Crippen LogP contribution in [-0.4, -0.2) is 77.8 Å². The van der Waals surface area contributed by atoms with Crippen molar-refractivity contribution < 1.29 is 13.2 Å². The number of benzene rings is 1. The number of sulfonamides is 1. The summed E-state index contributed by atoms with van der Waals surface area (Å²) < 4.78 is 28.0. The van der Waals surface area contributed by atoms with Crippen LogP contribution in [0.15, 0.2) is 84.3 Å². The molecule has 2 aliphatic heterocycles. The number of rotatable bonds is 5.